The Bertz CT molecular complexity index is 503. The summed E-state index contributed by atoms with van der Waals surface area (Å²) in [5.41, 5.74) is 1.97. The Hall–Kier alpha value is -0.870. The minimum absolute atomic E-state index is 0.316. The van der Waals surface area contributed by atoms with E-state index in [1.165, 1.54) is 0 Å². The third-order valence-corrected chi connectivity index (χ3v) is 5.26. The van der Waals surface area contributed by atoms with Crippen molar-refractivity contribution in [3.8, 4) is 0 Å². The number of aryl methyl sites for hydroxylation is 1. The van der Waals surface area contributed by atoms with E-state index in [4.69, 9.17) is 0 Å². The largest absolute Gasteiger partial charge is 0.393 e. The lowest BCUT2D eigenvalue weighted by molar-refractivity contribution is 0.183. The van der Waals surface area contributed by atoms with Crippen LogP contribution in [0.15, 0.2) is 23.1 Å². The van der Waals surface area contributed by atoms with Crippen LogP contribution in [-0.4, -0.2) is 24.9 Å². The number of hydrogen-bond donors (Lipinski definition) is 1. The quantitative estimate of drug-likeness (QED) is 0.851. The van der Waals surface area contributed by atoms with E-state index < -0.39 is 21.2 Å². The molecule has 4 heteroatoms. The minimum Gasteiger partial charge on any atom is -0.393 e. The maximum atomic E-state index is 12.1. The van der Waals surface area contributed by atoms with E-state index in [0.717, 1.165) is 11.1 Å². The summed E-state index contributed by atoms with van der Waals surface area (Å²) in [6.45, 7) is 3.58. The Balaban J connectivity index is 2.42. The molecule has 1 aromatic carbocycles. The van der Waals surface area contributed by atoms with Crippen LogP contribution in [0.3, 0.4) is 0 Å². The zero-order valence-corrected chi connectivity index (χ0v) is 10.3. The number of rotatable bonds is 2. The Morgan fingerprint density at radius 1 is 1.50 bits per heavy atom. The van der Waals surface area contributed by atoms with Crippen LogP contribution in [0.5, 0.6) is 0 Å². The highest BCUT2D eigenvalue weighted by Gasteiger charge is 2.37. The predicted molar refractivity (Wildman–Crippen MR) is 62.2 cm³/mol. The average molecular weight is 240 g/mol. The van der Waals surface area contributed by atoms with Gasteiger partial charge in [0.1, 0.15) is 0 Å². The molecule has 2 rings (SSSR count). The molecule has 16 heavy (non-hydrogen) atoms. The molecule has 3 nitrogen and oxygen atoms in total. The molecule has 0 saturated heterocycles. The van der Waals surface area contributed by atoms with Crippen molar-refractivity contribution >= 4 is 9.84 Å². The van der Waals surface area contributed by atoms with Gasteiger partial charge in [-0.05, 0) is 38.3 Å². The highest BCUT2D eigenvalue weighted by Crippen LogP contribution is 2.33. The van der Waals surface area contributed by atoms with Gasteiger partial charge >= 0.3 is 0 Å². The molecular weight excluding hydrogens is 224 g/mol. The van der Waals surface area contributed by atoms with E-state index in [-0.39, 0.29) is 0 Å². The molecule has 88 valence electrons. The van der Waals surface area contributed by atoms with Gasteiger partial charge < -0.3 is 5.11 Å². The molecule has 0 aliphatic carbocycles. The molecule has 0 saturated carbocycles. The smallest absolute Gasteiger partial charge is 0.181 e. The molecule has 1 aliphatic rings. The van der Waals surface area contributed by atoms with Gasteiger partial charge in [0.05, 0.1) is 16.2 Å². The fraction of sp³-hybridized carbons (Fsp3) is 0.500. The first-order chi connectivity index (χ1) is 7.41. The maximum Gasteiger partial charge on any atom is 0.181 e. The van der Waals surface area contributed by atoms with Crippen LogP contribution in [-0.2, 0) is 16.3 Å². The van der Waals surface area contributed by atoms with Crippen molar-refractivity contribution in [2.24, 2.45) is 0 Å². The topological polar surface area (TPSA) is 54.4 Å². The van der Waals surface area contributed by atoms with E-state index in [1.54, 1.807) is 13.0 Å². The summed E-state index contributed by atoms with van der Waals surface area (Å²) in [4.78, 5) is 0.448. The molecule has 0 bridgehead atoms. The van der Waals surface area contributed by atoms with Crippen molar-refractivity contribution in [1.82, 2.24) is 0 Å². The average Bonchev–Trinajstić information content (AvgIpc) is 2.37. The second-order valence-electron chi connectivity index (χ2n) is 4.57. The highest BCUT2D eigenvalue weighted by molar-refractivity contribution is 7.92. The van der Waals surface area contributed by atoms with Crippen LogP contribution in [0.2, 0.25) is 0 Å². The van der Waals surface area contributed by atoms with Crippen LogP contribution in [0.25, 0.3) is 0 Å². The van der Waals surface area contributed by atoms with Gasteiger partial charge in [0.25, 0.3) is 0 Å². The normalized spacial score (nSPS) is 24.1. The number of sulfone groups is 1. The monoisotopic (exact) mass is 240 g/mol. The van der Waals surface area contributed by atoms with Gasteiger partial charge in [0.15, 0.2) is 9.84 Å². The molecule has 0 spiro atoms. The van der Waals surface area contributed by atoms with Crippen LogP contribution in [0, 0.1) is 6.92 Å². The highest BCUT2D eigenvalue weighted by atomic mass is 32.2. The number of fused-ring (bicyclic) bond motifs is 1. The molecular formula is C12H16O3S. The number of hydrogen-bond acceptors (Lipinski definition) is 3. The summed E-state index contributed by atoms with van der Waals surface area (Å²) in [5.74, 6) is 0. The summed E-state index contributed by atoms with van der Waals surface area (Å²) in [7, 11) is -3.22. The molecule has 2 atom stereocenters. The number of benzene rings is 1. The van der Waals surface area contributed by atoms with Crippen LogP contribution in [0.1, 0.15) is 24.5 Å². The summed E-state index contributed by atoms with van der Waals surface area (Å²) < 4.78 is 24.2. The number of aliphatic hydroxyl groups excluding tert-OH is 1. The standard InChI is InChI=1S/C12H16O3S/c1-8-3-4-12-10(5-8)7-11(6-9(2)13)16(12,14)15/h3-5,9,11,13H,6-7H2,1-2H3. The Morgan fingerprint density at radius 3 is 2.81 bits per heavy atom. The Morgan fingerprint density at radius 2 is 2.19 bits per heavy atom. The van der Waals surface area contributed by atoms with E-state index in [9.17, 15) is 13.5 Å². The van der Waals surface area contributed by atoms with Gasteiger partial charge in [-0.15, -0.1) is 0 Å². The molecule has 0 fully saturated rings. The fourth-order valence-corrected chi connectivity index (χ4v) is 4.33. The molecule has 1 heterocycles. The lowest BCUT2D eigenvalue weighted by Crippen LogP contribution is -2.22. The van der Waals surface area contributed by atoms with Crippen molar-refractivity contribution in [3.63, 3.8) is 0 Å². The SMILES string of the molecule is Cc1ccc2c(c1)CC(CC(C)O)S2(=O)=O. The lowest BCUT2D eigenvalue weighted by Gasteiger charge is -2.10. The zero-order chi connectivity index (χ0) is 11.9. The first kappa shape index (κ1) is 11.6. The van der Waals surface area contributed by atoms with Crippen LogP contribution in [0.4, 0.5) is 0 Å². The summed E-state index contributed by atoms with van der Waals surface area (Å²) >= 11 is 0. The van der Waals surface area contributed by atoms with Gasteiger partial charge in [0, 0.05) is 0 Å². The third-order valence-electron chi connectivity index (χ3n) is 3.01. The van der Waals surface area contributed by atoms with Gasteiger partial charge in [-0.25, -0.2) is 8.42 Å². The van der Waals surface area contributed by atoms with E-state index in [0.29, 0.717) is 17.7 Å². The summed E-state index contributed by atoms with van der Waals surface area (Å²) in [6.07, 6.45) is 0.274. The second-order valence-corrected chi connectivity index (χ2v) is 6.76. The molecule has 2 unspecified atom stereocenters. The van der Waals surface area contributed by atoms with Crippen LogP contribution < -0.4 is 0 Å². The molecule has 1 aliphatic heterocycles. The van der Waals surface area contributed by atoms with E-state index >= 15 is 0 Å². The van der Waals surface area contributed by atoms with E-state index in [2.05, 4.69) is 0 Å². The van der Waals surface area contributed by atoms with Crippen molar-refractivity contribution in [1.29, 1.82) is 0 Å². The molecule has 1 aromatic rings. The molecule has 0 amide bonds. The second kappa shape index (κ2) is 3.86. The third kappa shape index (κ3) is 1.87. The summed E-state index contributed by atoms with van der Waals surface area (Å²) in [6, 6.07) is 5.43. The first-order valence-corrected chi connectivity index (χ1v) is 6.97. The lowest BCUT2D eigenvalue weighted by atomic mass is 10.0. The zero-order valence-electron chi connectivity index (χ0n) is 9.47. The fourth-order valence-electron chi connectivity index (χ4n) is 2.27. The Labute approximate surface area is 96.0 Å². The first-order valence-electron chi connectivity index (χ1n) is 5.43. The van der Waals surface area contributed by atoms with E-state index in [1.807, 2.05) is 19.1 Å². The minimum atomic E-state index is -3.22. The van der Waals surface area contributed by atoms with Gasteiger partial charge in [0.2, 0.25) is 0 Å². The Kier molecular flexibility index (Phi) is 2.80. The molecule has 0 radical (unpaired) electrons. The van der Waals surface area contributed by atoms with Crippen LogP contribution >= 0.6 is 0 Å². The van der Waals surface area contributed by atoms with Gasteiger partial charge in [-0.1, -0.05) is 17.7 Å². The van der Waals surface area contributed by atoms with Gasteiger partial charge in [-0.2, -0.15) is 0 Å². The molecule has 0 aromatic heterocycles. The van der Waals surface area contributed by atoms with Crippen molar-refractivity contribution in [3.05, 3.63) is 29.3 Å². The summed E-state index contributed by atoms with van der Waals surface area (Å²) in [5, 5.41) is 8.86. The number of aliphatic hydroxyl groups is 1. The van der Waals surface area contributed by atoms with Crippen molar-refractivity contribution < 1.29 is 13.5 Å². The maximum absolute atomic E-state index is 12.1. The van der Waals surface area contributed by atoms with Gasteiger partial charge in [-0.3, -0.25) is 0 Å². The van der Waals surface area contributed by atoms with Crippen molar-refractivity contribution in [2.75, 3.05) is 0 Å². The molecule has 1 N–H and O–H groups in total. The van der Waals surface area contributed by atoms with Crippen molar-refractivity contribution in [2.45, 2.75) is 42.9 Å². The predicted octanol–water partition coefficient (Wildman–Crippen LogP) is 1.46.